The van der Waals surface area contributed by atoms with Gasteiger partial charge in [0, 0.05) is 22.6 Å². The van der Waals surface area contributed by atoms with Gasteiger partial charge < -0.3 is 60.5 Å². The fourth-order valence-corrected chi connectivity index (χ4v) is 5.57. The van der Waals surface area contributed by atoms with E-state index in [-0.39, 0.29) is 39.5 Å². The van der Waals surface area contributed by atoms with Crippen molar-refractivity contribution in [2.24, 2.45) is 0 Å². The maximum Gasteiger partial charge on any atom is 0.201 e. The number of phenols is 7. The van der Waals surface area contributed by atoms with E-state index in [1.54, 1.807) is 0 Å². The molecule has 42 heavy (non-hydrogen) atoms. The Morgan fingerprint density at radius 2 is 1.07 bits per heavy atom. The van der Waals surface area contributed by atoms with Crippen LogP contribution in [0, 0.1) is 0 Å². The van der Waals surface area contributed by atoms with Crippen LogP contribution in [0.15, 0.2) is 60.7 Å². The summed E-state index contributed by atoms with van der Waals surface area (Å²) in [4.78, 5) is 0. The molecule has 10 N–H and O–H groups in total. The lowest BCUT2D eigenvalue weighted by atomic mass is 9.78. The molecule has 0 fully saturated rings. The molecule has 2 aliphatic heterocycles. The topological polar surface area (TPSA) is 221 Å². The van der Waals surface area contributed by atoms with E-state index in [2.05, 4.69) is 0 Å². The molecule has 0 bridgehead atoms. The van der Waals surface area contributed by atoms with Crippen LogP contribution in [0.3, 0.4) is 0 Å². The largest absolute Gasteiger partial charge is 0.508 e. The summed E-state index contributed by atoms with van der Waals surface area (Å²) in [6.45, 7) is 0. The van der Waals surface area contributed by atoms with Gasteiger partial charge >= 0.3 is 0 Å². The van der Waals surface area contributed by atoms with E-state index in [9.17, 15) is 51.1 Å². The van der Waals surface area contributed by atoms with Crippen molar-refractivity contribution < 1.29 is 60.5 Å². The molecule has 0 amide bonds. The van der Waals surface area contributed by atoms with Gasteiger partial charge in [0.2, 0.25) is 11.5 Å². The zero-order valence-electron chi connectivity index (χ0n) is 21.5. The molecule has 0 saturated carbocycles. The molecule has 2 heterocycles. The summed E-state index contributed by atoms with van der Waals surface area (Å²) in [7, 11) is 0. The number of hydrogen-bond donors (Lipinski definition) is 10. The molecular formula is C30H26O12. The van der Waals surface area contributed by atoms with Crippen molar-refractivity contribution in [3.8, 4) is 51.7 Å². The highest BCUT2D eigenvalue weighted by atomic mass is 16.5. The lowest BCUT2D eigenvalue weighted by Gasteiger charge is -2.39. The second kappa shape index (κ2) is 9.80. The number of aliphatic hydroxyl groups is 3. The Morgan fingerprint density at radius 1 is 0.476 bits per heavy atom. The van der Waals surface area contributed by atoms with Gasteiger partial charge in [-0.1, -0.05) is 24.3 Å². The molecule has 4 aromatic carbocycles. The van der Waals surface area contributed by atoms with E-state index in [4.69, 9.17) is 9.47 Å². The third kappa shape index (κ3) is 4.12. The van der Waals surface area contributed by atoms with Crippen LogP contribution in [-0.2, 0) is 0 Å². The van der Waals surface area contributed by atoms with Gasteiger partial charge in [-0.3, -0.25) is 0 Å². The van der Waals surface area contributed by atoms with Crippen molar-refractivity contribution in [1.82, 2.24) is 0 Å². The van der Waals surface area contributed by atoms with Crippen LogP contribution in [0.1, 0.15) is 52.0 Å². The van der Waals surface area contributed by atoms with Gasteiger partial charge in [-0.2, -0.15) is 0 Å². The number of ether oxygens (including phenoxy) is 2. The van der Waals surface area contributed by atoms with E-state index in [1.807, 2.05) is 0 Å². The van der Waals surface area contributed by atoms with E-state index in [0.29, 0.717) is 5.56 Å². The minimum Gasteiger partial charge on any atom is -0.508 e. The Bertz CT molecular complexity index is 1690. The van der Waals surface area contributed by atoms with Crippen molar-refractivity contribution in [3.05, 3.63) is 88.5 Å². The number of rotatable bonds is 3. The summed E-state index contributed by atoms with van der Waals surface area (Å²) in [5.74, 6) is -5.57. The molecule has 218 valence electrons. The fourth-order valence-electron chi connectivity index (χ4n) is 5.57. The van der Waals surface area contributed by atoms with Crippen molar-refractivity contribution in [2.75, 3.05) is 0 Å². The fraction of sp³-hybridized carbons (Fsp3) is 0.200. The van der Waals surface area contributed by atoms with Crippen LogP contribution in [0.5, 0.6) is 51.7 Å². The molecule has 2 aliphatic rings. The highest BCUT2D eigenvalue weighted by Crippen LogP contribution is 2.57. The van der Waals surface area contributed by atoms with Crippen molar-refractivity contribution in [3.63, 3.8) is 0 Å². The monoisotopic (exact) mass is 578 g/mol. The first-order chi connectivity index (χ1) is 20.0. The molecule has 0 aromatic heterocycles. The smallest absolute Gasteiger partial charge is 0.201 e. The van der Waals surface area contributed by atoms with Gasteiger partial charge in [0.15, 0.2) is 46.7 Å². The molecule has 6 atom stereocenters. The average molecular weight is 579 g/mol. The molecule has 6 rings (SSSR count). The highest BCUT2D eigenvalue weighted by molar-refractivity contribution is 5.66. The van der Waals surface area contributed by atoms with Crippen molar-refractivity contribution in [2.45, 2.75) is 36.4 Å². The SMILES string of the molecule is Oc1ccc([C@H]2Oc3c(cc([C@H]4c5ccc(O)c(O)c5O[C@H](c5ccc(O)c(O)c5)[C@@H]4O)c(O)c3O)[C@@H](O)[C@H]2O)cc1. The van der Waals surface area contributed by atoms with E-state index < -0.39 is 70.9 Å². The van der Waals surface area contributed by atoms with Crippen LogP contribution < -0.4 is 9.47 Å². The average Bonchev–Trinajstić information content (AvgIpc) is 2.97. The standard InChI is InChI=1S/C30H26O12/c31-13-4-1-11(2-5-13)27-25(39)22(36)16-10-15(21(35)26(40)30(16)41-27)20-14-6-8-18(33)23(37)29(14)42-28(24(20)38)12-3-7-17(32)19(34)9-12/h1-10,20,22,24-25,27-28,31-40H/t20-,22-,24-,25-,27-,28-/m1/s1. The lowest BCUT2D eigenvalue weighted by molar-refractivity contribution is -0.0711. The number of fused-ring (bicyclic) bond motifs is 2. The minimum atomic E-state index is -1.63. The van der Waals surface area contributed by atoms with E-state index >= 15 is 0 Å². The first-order valence-corrected chi connectivity index (χ1v) is 12.8. The van der Waals surface area contributed by atoms with Gasteiger partial charge in [0.25, 0.3) is 0 Å². The highest BCUT2D eigenvalue weighted by Gasteiger charge is 2.45. The van der Waals surface area contributed by atoms with Crippen molar-refractivity contribution in [1.29, 1.82) is 0 Å². The second-order valence-corrected chi connectivity index (χ2v) is 10.3. The predicted octanol–water partition coefficient (Wildman–Crippen LogP) is 2.78. The number of hydrogen-bond acceptors (Lipinski definition) is 12. The number of benzene rings is 4. The molecule has 0 unspecified atom stereocenters. The number of aromatic hydroxyl groups is 7. The molecule has 4 aromatic rings. The lowest BCUT2D eigenvalue weighted by Crippen LogP contribution is -2.36. The van der Waals surface area contributed by atoms with Gasteiger partial charge in [-0.25, -0.2) is 0 Å². The summed E-state index contributed by atoms with van der Waals surface area (Å²) in [6.07, 6.45) is -7.24. The molecule has 12 nitrogen and oxygen atoms in total. The van der Waals surface area contributed by atoms with Crippen LogP contribution >= 0.6 is 0 Å². The zero-order valence-corrected chi connectivity index (χ0v) is 21.5. The van der Waals surface area contributed by atoms with Crippen LogP contribution in [0.25, 0.3) is 0 Å². The summed E-state index contributed by atoms with van der Waals surface area (Å²) in [5, 5.41) is 106. The Kier molecular flexibility index (Phi) is 6.34. The first kappa shape index (κ1) is 27.1. The molecule has 12 heteroatoms. The first-order valence-electron chi connectivity index (χ1n) is 12.8. The minimum absolute atomic E-state index is 0.0365. The van der Waals surface area contributed by atoms with Crippen LogP contribution in [-0.4, -0.2) is 63.3 Å². The van der Waals surface area contributed by atoms with Crippen LogP contribution in [0.2, 0.25) is 0 Å². The quantitative estimate of drug-likeness (QED) is 0.159. The molecule has 0 saturated heterocycles. The van der Waals surface area contributed by atoms with Crippen LogP contribution in [0.4, 0.5) is 0 Å². The van der Waals surface area contributed by atoms with Gasteiger partial charge in [0.05, 0.1) is 0 Å². The summed E-state index contributed by atoms with van der Waals surface area (Å²) >= 11 is 0. The predicted molar refractivity (Wildman–Crippen MR) is 143 cm³/mol. The molecule has 0 radical (unpaired) electrons. The second-order valence-electron chi connectivity index (χ2n) is 10.3. The van der Waals surface area contributed by atoms with Gasteiger partial charge in [0.1, 0.15) is 24.1 Å². The third-order valence-electron chi connectivity index (χ3n) is 7.74. The molecule has 0 aliphatic carbocycles. The van der Waals surface area contributed by atoms with Gasteiger partial charge in [-0.15, -0.1) is 0 Å². The van der Waals surface area contributed by atoms with E-state index in [1.165, 1.54) is 42.5 Å². The van der Waals surface area contributed by atoms with E-state index in [0.717, 1.165) is 18.2 Å². The zero-order chi connectivity index (χ0) is 30.0. The Labute approximate surface area is 237 Å². The maximum absolute atomic E-state index is 11.6. The molecule has 0 spiro atoms. The summed E-state index contributed by atoms with van der Waals surface area (Å²) in [5.41, 5.74) is 0.384. The molecular weight excluding hydrogens is 552 g/mol. The number of aliphatic hydroxyl groups excluding tert-OH is 3. The summed E-state index contributed by atoms with van der Waals surface area (Å²) < 4.78 is 11.7. The number of phenolic OH excluding ortho intramolecular Hbond substituents is 7. The Morgan fingerprint density at radius 3 is 1.74 bits per heavy atom. The Hall–Kier alpha value is -5.04. The summed E-state index contributed by atoms with van der Waals surface area (Å²) in [6, 6.07) is 13.0. The normalized spacial score (nSPS) is 24.6. The Balaban J connectivity index is 1.50. The van der Waals surface area contributed by atoms with Crippen molar-refractivity contribution >= 4 is 0 Å². The van der Waals surface area contributed by atoms with Gasteiger partial charge in [-0.05, 0) is 47.5 Å². The third-order valence-corrected chi connectivity index (χ3v) is 7.74. The maximum atomic E-state index is 11.6.